The van der Waals surface area contributed by atoms with Crippen molar-refractivity contribution in [3.05, 3.63) is 0 Å². The van der Waals surface area contributed by atoms with Gasteiger partial charge in [0.25, 0.3) is 0 Å². The third-order valence-electron chi connectivity index (χ3n) is 2.87. The second-order valence-corrected chi connectivity index (χ2v) is 4.50. The minimum atomic E-state index is -4.15. The molecule has 0 heterocycles. The number of halogens is 3. The van der Waals surface area contributed by atoms with E-state index in [1.807, 2.05) is 0 Å². The summed E-state index contributed by atoms with van der Waals surface area (Å²) < 4.78 is 36.9. The average molecular weight is 225 g/mol. The average Bonchev–Trinajstić information content (AvgIpc) is 2.45. The van der Waals surface area contributed by atoms with Gasteiger partial charge in [-0.25, -0.2) is 0 Å². The lowest BCUT2D eigenvalue weighted by atomic mass is 10.1. The third kappa shape index (κ3) is 3.99. The summed E-state index contributed by atoms with van der Waals surface area (Å²) in [6, 6.07) is -0.261. The highest BCUT2D eigenvalue weighted by atomic mass is 19.4. The van der Waals surface area contributed by atoms with Gasteiger partial charge in [0.1, 0.15) is 0 Å². The summed E-state index contributed by atoms with van der Waals surface area (Å²) in [4.78, 5) is 1.44. The maximum Gasteiger partial charge on any atom is 0.401 e. The predicted molar refractivity (Wildman–Crippen MR) is 51.5 cm³/mol. The van der Waals surface area contributed by atoms with Crippen molar-refractivity contribution in [1.82, 2.24) is 4.90 Å². The molecular weight excluding hydrogens is 207 g/mol. The van der Waals surface area contributed by atoms with Gasteiger partial charge in [0, 0.05) is 12.1 Å². The fraction of sp³-hybridized carbons (Fsp3) is 1.00. The Morgan fingerprint density at radius 2 is 1.93 bits per heavy atom. The van der Waals surface area contributed by atoms with E-state index < -0.39 is 18.8 Å². The normalized spacial score (nSPS) is 28.0. The Labute approximate surface area is 88.1 Å². The maximum absolute atomic E-state index is 12.3. The second kappa shape index (κ2) is 4.70. The maximum atomic E-state index is 12.3. The monoisotopic (exact) mass is 225 g/mol. The molecule has 5 heteroatoms. The summed E-state index contributed by atoms with van der Waals surface area (Å²) in [7, 11) is 0. The molecule has 0 aliphatic heterocycles. The van der Waals surface area contributed by atoms with Crippen LogP contribution in [0.4, 0.5) is 13.2 Å². The summed E-state index contributed by atoms with van der Waals surface area (Å²) in [6.45, 7) is 2.65. The molecule has 1 rings (SSSR count). The van der Waals surface area contributed by atoms with E-state index >= 15 is 0 Å². The predicted octanol–water partition coefficient (Wildman–Crippen LogP) is 2.17. The molecule has 1 N–H and O–H groups in total. The summed E-state index contributed by atoms with van der Waals surface area (Å²) >= 11 is 0. The first kappa shape index (κ1) is 12.8. The zero-order valence-electron chi connectivity index (χ0n) is 9.09. The van der Waals surface area contributed by atoms with Crippen molar-refractivity contribution < 1.29 is 18.3 Å². The van der Waals surface area contributed by atoms with Gasteiger partial charge in [-0.15, -0.1) is 0 Å². The van der Waals surface area contributed by atoms with E-state index in [2.05, 4.69) is 0 Å². The standard InChI is InChI=1S/C10H18F3NO/c1-7(2)14(6-10(11,12)13)8-3-4-9(15)5-8/h7-9,15H,3-6H2,1-2H3. The largest absolute Gasteiger partial charge is 0.401 e. The van der Waals surface area contributed by atoms with E-state index in [-0.39, 0.29) is 12.1 Å². The number of hydrogen-bond donors (Lipinski definition) is 1. The third-order valence-corrected chi connectivity index (χ3v) is 2.87. The topological polar surface area (TPSA) is 23.5 Å². The molecule has 0 saturated heterocycles. The van der Waals surface area contributed by atoms with Crippen LogP contribution in [0.15, 0.2) is 0 Å². The molecule has 1 saturated carbocycles. The highest BCUT2D eigenvalue weighted by molar-refractivity contribution is 4.85. The number of hydrogen-bond acceptors (Lipinski definition) is 2. The summed E-state index contributed by atoms with van der Waals surface area (Å²) in [5.74, 6) is 0. The van der Waals surface area contributed by atoms with Crippen LogP contribution in [-0.4, -0.2) is 40.9 Å². The first-order valence-corrected chi connectivity index (χ1v) is 5.30. The minimum Gasteiger partial charge on any atom is -0.393 e. The van der Waals surface area contributed by atoms with Crippen LogP contribution >= 0.6 is 0 Å². The lowest BCUT2D eigenvalue weighted by Gasteiger charge is -2.33. The number of aliphatic hydroxyl groups is 1. The molecule has 0 aromatic heterocycles. The number of alkyl halides is 3. The van der Waals surface area contributed by atoms with E-state index in [1.165, 1.54) is 4.90 Å². The second-order valence-electron chi connectivity index (χ2n) is 4.50. The van der Waals surface area contributed by atoms with Crippen molar-refractivity contribution >= 4 is 0 Å². The van der Waals surface area contributed by atoms with Gasteiger partial charge in [0.15, 0.2) is 0 Å². The summed E-state index contributed by atoms with van der Waals surface area (Å²) in [6.07, 6.45) is -2.84. The van der Waals surface area contributed by atoms with Crippen molar-refractivity contribution in [3.8, 4) is 0 Å². The molecule has 0 spiro atoms. The van der Waals surface area contributed by atoms with Gasteiger partial charge in [-0.2, -0.15) is 13.2 Å². The Morgan fingerprint density at radius 3 is 2.27 bits per heavy atom. The fourth-order valence-electron chi connectivity index (χ4n) is 2.18. The van der Waals surface area contributed by atoms with Gasteiger partial charge in [-0.1, -0.05) is 0 Å². The first-order chi connectivity index (χ1) is 6.79. The summed E-state index contributed by atoms with van der Waals surface area (Å²) in [5, 5.41) is 9.32. The molecular formula is C10H18F3NO. The van der Waals surface area contributed by atoms with E-state index in [0.29, 0.717) is 19.3 Å². The number of aliphatic hydroxyl groups excluding tert-OH is 1. The highest BCUT2D eigenvalue weighted by Crippen LogP contribution is 2.28. The van der Waals surface area contributed by atoms with Crippen molar-refractivity contribution in [1.29, 1.82) is 0 Å². The van der Waals surface area contributed by atoms with Crippen LogP contribution in [0.25, 0.3) is 0 Å². The van der Waals surface area contributed by atoms with Crippen molar-refractivity contribution in [2.24, 2.45) is 0 Å². The SMILES string of the molecule is CC(C)N(CC(F)(F)F)C1CCC(O)C1. The van der Waals surface area contributed by atoms with Crippen LogP contribution in [0.5, 0.6) is 0 Å². The molecule has 0 amide bonds. The molecule has 1 fully saturated rings. The Bertz CT molecular complexity index is 205. The smallest absolute Gasteiger partial charge is 0.393 e. The van der Waals surface area contributed by atoms with E-state index in [9.17, 15) is 18.3 Å². The quantitative estimate of drug-likeness (QED) is 0.795. The van der Waals surface area contributed by atoms with Crippen molar-refractivity contribution in [2.75, 3.05) is 6.54 Å². The molecule has 90 valence electrons. The van der Waals surface area contributed by atoms with Crippen molar-refractivity contribution in [3.63, 3.8) is 0 Å². The van der Waals surface area contributed by atoms with Gasteiger partial charge in [-0.3, -0.25) is 4.90 Å². The molecule has 1 aliphatic carbocycles. The van der Waals surface area contributed by atoms with E-state index in [1.54, 1.807) is 13.8 Å². The Hall–Kier alpha value is -0.290. The minimum absolute atomic E-state index is 0.123. The zero-order chi connectivity index (χ0) is 11.6. The molecule has 0 radical (unpaired) electrons. The first-order valence-electron chi connectivity index (χ1n) is 5.30. The molecule has 0 aromatic rings. The number of rotatable bonds is 3. The lowest BCUT2D eigenvalue weighted by Crippen LogP contribution is -2.45. The van der Waals surface area contributed by atoms with Crippen LogP contribution in [0.3, 0.4) is 0 Å². The van der Waals surface area contributed by atoms with Gasteiger partial charge in [-0.05, 0) is 33.1 Å². The van der Waals surface area contributed by atoms with Crippen LogP contribution in [0.1, 0.15) is 33.1 Å². The molecule has 1 aliphatic rings. The van der Waals surface area contributed by atoms with E-state index in [0.717, 1.165) is 0 Å². The van der Waals surface area contributed by atoms with Gasteiger partial charge in [0.05, 0.1) is 12.6 Å². The van der Waals surface area contributed by atoms with Crippen LogP contribution in [0, 0.1) is 0 Å². The van der Waals surface area contributed by atoms with Crippen LogP contribution in [0.2, 0.25) is 0 Å². The molecule has 2 atom stereocenters. The Balaban J connectivity index is 2.58. The Morgan fingerprint density at radius 1 is 1.33 bits per heavy atom. The van der Waals surface area contributed by atoms with Gasteiger partial charge >= 0.3 is 6.18 Å². The fourth-order valence-corrected chi connectivity index (χ4v) is 2.18. The molecule has 2 unspecified atom stereocenters. The number of nitrogens with zero attached hydrogens (tertiary/aromatic N) is 1. The van der Waals surface area contributed by atoms with E-state index in [4.69, 9.17) is 0 Å². The molecule has 15 heavy (non-hydrogen) atoms. The van der Waals surface area contributed by atoms with Crippen LogP contribution in [-0.2, 0) is 0 Å². The molecule has 0 aromatic carbocycles. The Kier molecular flexibility index (Phi) is 4.00. The van der Waals surface area contributed by atoms with Gasteiger partial charge in [0.2, 0.25) is 0 Å². The highest BCUT2D eigenvalue weighted by Gasteiger charge is 2.37. The van der Waals surface area contributed by atoms with Crippen molar-refractivity contribution in [2.45, 2.75) is 57.5 Å². The lowest BCUT2D eigenvalue weighted by molar-refractivity contribution is -0.155. The van der Waals surface area contributed by atoms with Gasteiger partial charge < -0.3 is 5.11 Å². The molecule has 0 bridgehead atoms. The van der Waals surface area contributed by atoms with Crippen LogP contribution < -0.4 is 0 Å². The molecule has 2 nitrogen and oxygen atoms in total. The summed E-state index contributed by atoms with van der Waals surface area (Å²) in [5.41, 5.74) is 0. The zero-order valence-corrected chi connectivity index (χ0v) is 9.09.